The van der Waals surface area contributed by atoms with E-state index in [1.54, 1.807) is 0 Å². The lowest BCUT2D eigenvalue weighted by atomic mass is 9.98. The Morgan fingerprint density at radius 2 is 0.759 bits per heavy atom. The quantitative estimate of drug-likeness (QED) is 0.0627. The van der Waals surface area contributed by atoms with Gasteiger partial charge in [-0.15, -0.1) is 0 Å². The zero-order valence-electron chi connectivity index (χ0n) is 30.9. The first-order chi connectivity index (χ1) is 25.9. The molecule has 16 nitrogen and oxygen atoms in total. The summed E-state index contributed by atoms with van der Waals surface area (Å²) in [5.41, 5.74) is -0.889. The van der Waals surface area contributed by atoms with Gasteiger partial charge in [0.2, 0.25) is 0 Å². The number of carbonyl (C=O) groups excluding carboxylic acids is 4. The van der Waals surface area contributed by atoms with Gasteiger partial charge >= 0.3 is 11.9 Å². The Morgan fingerprint density at radius 3 is 1.17 bits per heavy atom. The predicted octanol–water partition coefficient (Wildman–Crippen LogP) is 5.36. The van der Waals surface area contributed by atoms with E-state index in [-0.39, 0.29) is 74.2 Å². The summed E-state index contributed by atoms with van der Waals surface area (Å²) in [6, 6.07) is 10.1. The average Bonchev–Trinajstić information content (AvgIpc) is 3.18. The highest BCUT2D eigenvalue weighted by Gasteiger charge is 2.29. The SMILES string of the molecule is COc1cc(OC)c(C(=O)CC(=O)c2c(O)cc(OC(=O)c3cc(OC)c(OC)cc3OC)cc2OC(=O)c2cc(OC)c(OC)cc2OC)cc1OC. The maximum atomic E-state index is 13.9. The van der Waals surface area contributed by atoms with Crippen molar-refractivity contribution >= 4 is 23.5 Å². The molecule has 286 valence electrons. The Hall–Kier alpha value is -6.84. The fraction of sp³-hybridized carbons (Fsp3) is 0.263. The van der Waals surface area contributed by atoms with E-state index in [0.29, 0.717) is 0 Å². The molecule has 0 aliphatic rings. The number of hydrogen-bond donors (Lipinski definition) is 1. The first-order valence-corrected chi connectivity index (χ1v) is 15.7. The number of carbonyl (C=O) groups is 4. The van der Waals surface area contributed by atoms with E-state index in [4.69, 9.17) is 52.1 Å². The summed E-state index contributed by atoms with van der Waals surface area (Å²) in [4.78, 5) is 54.6. The topological polar surface area (TPSA) is 190 Å². The van der Waals surface area contributed by atoms with Gasteiger partial charge < -0.3 is 57.2 Å². The monoisotopic (exact) mass is 750 g/mol. The van der Waals surface area contributed by atoms with Gasteiger partial charge in [-0.2, -0.15) is 0 Å². The molecule has 0 amide bonds. The molecule has 1 N–H and O–H groups in total. The van der Waals surface area contributed by atoms with E-state index in [9.17, 15) is 24.3 Å². The minimum absolute atomic E-state index is 0.00797. The molecule has 0 unspecified atom stereocenters. The second-order valence-corrected chi connectivity index (χ2v) is 10.8. The van der Waals surface area contributed by atoms with Crippen molar-refractivity contribution in [1.29, 1.82) is 0 Å². The first-order valence-electron chi connectivity index (χ1n) is 15.7. The van der Waals surface area contributed by atoms with Gasteiger partial charge in [-0.3, -0.25) is 9.59 Å². The van der Waals surface area contributed by atoms with Crippen molar-refractivity contribution in [2.45, 2.75) is 6.42 Å². The summed E-state index contributed by atoms with van der Waals surface area (Å²) < 4.78 is 59.0. The van der Waals surface area contributed by atoms with Crippen molar-refractivity contribution in [3.63, 3.8) is 0 Å². The molecule has 0 aromatic heterocycles. The molecule has 0 atom stereocenters. The van der Waals surface area contributed by atoms with E-state index in [2.05, 4.69) is 0 Å². The third kappa shape index (κ3) is 8.28. The maximum Gasteiger partial charge on any atom is 0.347 e. The van der Waals surface area contributed by atoms with E-state index in [1.807, 2.05) is 0 Å². The Balaban J connectivity index is 1.81. The van der Waals surface area contributed by atoms with Gasteiger partial charge in [-0.25, -0.2) is 9.59 Å². The van der Waals surface area contributed by atoms with Crippen molar-refractivity contribution in [1.82, 2.24) is 0 Å². The predicted molar refractivity (Wildman–Crippen MR) is 190 cm³/mol. The number of esters is 2. The first kappa shape index (κ1) is 39.9. The van der Waals surface area contributed by atoms with Crippen molar-refractivity contribution in [3.8, 4) is 69.0 Å². The lowest BCUT2D eigenvalue weighted by Crippen LogP contribution is -2.16. The number of hydrogen-bond acceptors (Lipinski definition) is 16. The fourth-order valence-electron chi connectivity index (χ4n) is 5.27. The third-order valence-corrected chi connectivity index (χ3v) is 7.93. The minimum atomic E-state index is -1.08. The molecule has 0 spiro atoms. The molecule has 0 bridgehead atoms. The van der Waals surface area contributed by atoms with Crippen LogP contribution in [-0.2, 0) is 0 Å². The number of benzene rings is 4. The molecule has 0 aliphatic carbocycles. The van der Waals surface area contributed by atoms with Crippen LogP contribution in [0.3, 0.4) is 0 Å². The van der Waals surface area contributed by atoms with Crippen LogP contribution < -0.4 is 52.1 Å². The summed E-state index contributed by atoms with van der Waals surface area (Å²) in [6.07, 6.45) is -0.842. The highest BCUT2D eigenvalue weighted by Crippen LogP contribution is 2.41. The van der Waals surface area contributed by atoms with Crippen LogP contribution >= 0.6 is 0 Å². The van der Waals surface area contributed by atoms with Crippen molar-refractivity contribution in [3.05, 3.63) is 70.8 Å². The summed E-state index contributed by atoms with van der Waals surface area (Å²) >= 11 is 0. The normalized spacial score (nSPS) is 10.4. The number of phenolic OH excluding ortho intramolecular Hbond substituents is 1. The van der Waals surface area contributed by atoms with Crippen LogP contribution in [0.15, 0.2) is 48.5 Å². The number of aromatic hydroxyl groups is 1. The fourth-order valence-corrected chi connectivity index (χ4v) is 5.27. The van der Waals surface area contributed by atoms with Crippen molar-refractivity contribution in [2.75, 3.05) is 64.0 Å². The van der Waals surface area contributed by atoms with Gasteiger partial charge in [0.25, 0.3) is 0 Å². The lowest BCUT2D eigenvalue weighted by molar-refractivity contribution is 0.0727. The molecule has 4 rings (SSSR count). The van der Waals surface area contributed by atoms with Gasteiger partial charge in [0.05, 0.1) is 76.0 Å². The Bertz CT molecular complexity index is 2070. The van der Waals surface area contributed by atoms with Crippen LogP contribution in [0.2, 0.25) is 0 Å². The van der Waals surface area contributed by atoms with Crippen LogP contribution in [0.1, 0.15) is 47.9 Å². The highest BCUT2D eigenvalue weighted by molar-refractivity contribution is 6.17. The molecule has 0 saturated heterocycles. The number of Topliss-reactive ketones (excluding diaryl/α,β-unsaturated/α-hetero) is 2. The molecule has 4 aromatic carbocycles. The standard InChI is InChI=1S/C38H38O16/c1-44-26-16-32(50-7)29(47-4)12-20(26)23(39)15-25(41)36-24(40)10-19(53-37(42)21-13-30(48-5)33(51-8)17-27(21)45-2)11-35(36)54-38(43)22-14-31(49-6)34(52-9)18-28(22)46-3/h10-14,16-18,40H,15H2,1-9H3. The average molecular weight is 751 g/mol. The van der Waals surface area contributed by atoms with Crippen LogP contribution in [0.4, 0.5) is 0 Å². The minimum Gasteiger partial charge on any atom is -0.507 e. The number of ketones is 2. The van der Waals surface area contributed by atoms with Crippen molar-refractivity contribution in [2.24, 2.45) is 0 Å². The maximum absolute atomic E-state index is 13.9. The molecule has 54 heavy (non-hydrogen) atoms. The van der Waals surface area contributed by atoms with E-state index in [0.717, 1.165) is 12.1 Å². The second-order valence-electron chi connectivity index (χ2n) is 10.8. The second kappa shape index (κ2) is 17.6. The van der Waals surface area contributed by atoms with Crippen LogP contribution in [0, 0.1) is 0 Å². The van der Waals surface area contributed by atoms with Crippen molar-refractivity contribution < 1.29 is 76.4 Å². The Morgan fingerprint density at radius 1 is 0.407 bits per heavy atom. The summed E-state index contributed by atoms with van der Waals surface area (Å²) in [6.45, 7) is 0. The van der Waals surface area contributed by atoms with Gasteiger partial charge in [0, 0.05) is 42.5 Å². The van der Waals surface area contributed by atoms with Gasteiger partial charge in [-0.1, -0.05) is 0 Å². The number of rotatable bonds is 17. The molecular formula is C38H38O16. The summed E-state index contributed by atoms with van der Waals surface area (Å²) in [5, 5.41) is 11.2. The van der Waals surface area contributed by atoms with Crippen LogP contribution in [-0.4, -0.2) is 92.6 Å². The third-order valence-electron chi connectivity index (χ3n) is 7.93. The lowest BCUT2D eigenvalue weighted by Gasteiger charge is -2.17. The molecule has 0 heterocycles. The van der Waals surface area contributed by atoms with Gasteiger partial charge in [0.15, 0.2) is 46.1 Å². The van der Waals surface area contributed by atoms with E-state index < -0.39 is 47.0 Å². The highest BCUT2D eigenvalue weighted by atomic mass is 16.6. The number of phenols is 1. The summed E-state index contributed by atoms with van der Waals surface area (Å²) in [5.74, 6) is -4.08. The smallest absolute Gasteiger partial charge is 0.347 e. The molecule has 4 aromatic rings. The molecule has 16 heteroatoms. The van der Waals surface area contributed by atoms with Gasteiger partial charge in [-0.05, 0) is 6.07 Å². The number of ether oxygens (including phenoxy) is 11. The van der Waals surface area contributed by atoms with Crippen LogP contribution in [0.5, 0.6) is 69.0 Å². The molecule has 0 saturated carbocycles. The van der Waals surface area contributed by atoms with Gasteiger partial charge in [0.1, 0.15) is 51.2 Å². The molecular weight excluding hydrogens is 712 g/mol. The molecule has 0 aliphatic heterocycles. The zero-order chi connectivity index (χ0) is 39.7. The zero-order valence-corrected chi connectivity index (χ0v) is 30.9. The van der Waals surface area contributed by atoms with Crippen LogP contribution in [0.25, 0.3) is 0 Å². The summed E-state index contributed by atoms with van der Waals surface area (Å²) in [7, 11) is 12.2. The van der Waals surface area contributed by atoms with E-state index in [1.165, 1.54) is 100 Å². The molecule has 0 radical (unpaired) electrons. The Kier molecular flexibility index (Phi) is 13.0. The Labute approximate surface area is 309 Å². The van der Waals surface area contributed by atoms with E-state index >= 15 is 0 Å². The molecule has 0 fully saturated rings. The largest absolute Gasteiger partial charge is 0.507 e. The number of methoxy groups -OCH3 is 9.